The summed E-state index contributed by atoms with van der Waals surface area (Å²) >= 11 is 0. The van der Waals surface area contributed by atoms with Gasteiger partial charge in [0.2, 0.25) is 0 Å². The number of hydrogen-bond donors (Lipinski definition) is 0. The number of rotatable bonds is 8. The van der Waals surface area contributed by atoms with Crippen molar-refractivity contribution in [2.75, 3.05) is 4.90 Å². The Morgan fingerprint density at radius 2 is 0.804 bits per heavy atom. The van der Waals surface area contributed by atoms with Gasteiger partial charge in [-0.25, -0.2) is 0 Å². The molecular weight excluding hydrogens is 679 g/mol. The molecule has 0 atom stereocenters. The Kier molecular flexibility index (Phi) is 5.85. The largest absolute Gasteiger partial charge is 0.456 e. The molecule has 10 rings (SSSR count). The average Bonchev–Trinajstić information content (AvgIpc) is 3.75. The van der Waals surface area contributed by atoms with E-state index in [4.69, 9.17) is 4.42 Å². The SMILES string of the molecule is [2H]c1c([2H])c(N(c2c([2H])c([2H])c(-c3ccc(-c4ccccc4)c(-c4ccccc4)c3)c([2H])c2[2H])c2c([2H])c([2H])c(-c3cccc4oc5ccccc5c34)c([2H])c2[2H])c([2H])c([2H])c1-c1ccccc1. The lowest BCUT2D eigenvalue weighted by Gasteiger charge is -2.26. The maximum atomic E-state index is 9.67. The summed E-state index contributed by atoms with van der Waals surface area (Å²) in [5.41, 5.74) is 3.43. The van der Waals surface area contributed by atoms with Gasteiger partial charge in [0.25, 0.3) is 0 Å². The number of hydrogen-bond acceptors (Lipinski definition) is 2. The van der Waals surface area contributed by atoms with Gasteiger partial charge in [0, 0.05) is 27.8 Å². The molecule has 1 aromatic heterocycles. The van der Waals surface area contributed by atoms with E-state index in [-0.39, 0.29) is 16.7 Å². The van der Waals surface area contributed by atoms with E-state index in [9.17, 15) is 16.4 Å². The summed E-state index contributed by atoms with van der Waals surface area (Å²) in [5, 5.41) is 1.23. The lowest BCUT2D eigenvalue weighted by Crippen LogP contribution is -2.09. The number of fused-ring (bicyclic) bond motifs is 3. The minimum Gasteiger partial charge on any atom is -0.456 e. The van der Waals surface area contributed by atoms with Crippen molar-refractivity contribution in [2.24, 2.45) is 0 Å². The second-order valence-corrected chi connectivity index (χ2v) is 13.1. The minimum atomic E-state index is -0.695. The molecule has 1 heterocycles. The number of benzene rings is 9. The van der Waals surface area contributed by atoms with Gasteiger partial charge in [-0.1, -0.05) is 170 Å². The lowest BCUT2D eigenvalue weighted by molar-refractivity contribution is 0.669. The lowest BCUT2D eigenvalue weighted by atomic mass is 9.91. The maximum Gasteiger partial charge on any atom is 0.136 e. The topological polar surface area (TPSA) is 16.4 Å². The molecule has 2 heteroatoms. The molecule has 0 spiro atoms. The van der Waals surface area contributed by atoms with Crippen LogP contribution in [-0.4, -0.2) is 0 Å². The van der Waals surface area contributed by atoms with Crippen LogP contribution in [0.4, 0.5) is 17.1 Å². The summed E-state index contributed by atoms with van der Waals surface area (Å²) in [5.74, 6) is 0. The van der Waals surface area contributed by atoms with Crippen molar-refractivity contribution in [1.82, 2.24) is 0 Å². The van der Waals surface area contributed by atoms with E-state index < -0.39 is 89.6 Å². The Bertz CT molecular complexity index is 3570. The molecule has 10 aromatic rings. The Morgan fingerprint density at radius 1 is 0.321 bits per heavy atom. The van der Waals surface area contributed by atoms with E-state index in [2.05, 4.69) is 0 Å². The molecule has 56 heavy (non-hydrogen) atoms. The van der Waals surface area contributed by atoms with Crippen molar-refractivity contribution in [3.05, 3.63) is 224 Å². The van der Waals surface area contributed by atoms with Crippen molar-refractivity contribution in [2.45, 2.75) is 0 Å². The molecule has 0 radical (unpaired) electrons. The van der Waals surface area contributed by atoms with Crippen molar-refractivity contribution >= 4 is 39.0 Å². The predicted molar refractivity (Wildman–Crippen MR) is 236 cm³/mol. The summed E-state index contributed by atoms with van der Waals surface area (Å²) < 4.78 is 120. The van der Waals surface area contributed by atoms with Crippen LogP contribution >= 0.6 is 0 Å². The zero-order valence-corrected chi connectivity index (χ0v) is 29.8. The van der Waals surface area contributed by atoms with Gasteiger partial charge in [-0.2, -0.15) is 0 Å². The van der Waals surface area contributed by atoms with Crippen LogP contribution in [0.5, 0.6) is 0 Å². The van der Waals surface area contributed by atoms with Gasteiger partial charge in [0.15, 0.2) is 0 Å². The quantitative estimate of drug-likeness (QED) is 0.155. The highest BCUT2D eigenvalue weighted by Crippen LogP contribution is 2.41. The first-order valence-corrected chi connectivity index (χ1v) is 18.1. The summed E-state index contributed by atoms with van der Waals surface area (Å²) in [6.07, 6.45) is 0. The third-order valence-electron chi connectivity index (χ3n) is 9.72. The number of anilines is 3. The van der Waals surface area contributed by atoms with Gasteiger partial charge in [-0.3, -0.25) is 0 Å². The molecule has 0 N–H and O–H groups in total. The first-order chi connectivity index (χ1) is 32.8. The normalized spacial score (nSPS) is 14.2. The highest BCUT2D eigenvalue weighted by Gasteiger charge is 2.17. The van der Waals surface area contributed by atoms with Crippen LogP contribution in [0, 0.1) is 0 Å². The standard InChI is InChI=1S/C54H37NO/c1-4-13-38(14-5-1)39-23-30-45(31-24-39)55(47-34-27-43(28-35-47)49-20-12-22-53-54(49)50-19-10-11-21-52(50)56-53)46-32-25-40(26-33-46)44-29-36-48(41-15-6-2-7-16-41)51(37-44)42-17-8-3-9-18-42/h1-37H/i23D,24D,25D,26D,27D,28D,30D,31D,32D,33D,34D,35D. The van der Waals surface area contributed by atoms with E-state index >= 15 is 0 Å². The molecule has 0 aliphatic heterocycles. The van der Waals surface area contributed by atoms with E-state index in [0.717, 1.165) is 27.2 Å². The molecule has 0 aliphatic carbocycles. The molecule has 0 saturated heterocycles. The molecule has 0 bridgehead atoms. The molecule has 0 fully saturated rings. The van der Waals surface area contributed by atoms with Crippen LogP contribution in [0.15, 0.2) is 229 Å². The summed E-state index contributed by atoms with van der Waals surface area (Å²) in [4.78, 5) is 0.840. The highest BCUT2D eigenvalue weighted by atomic mass is 16.3. The number of nitrogens with zero attached hydrogens (tertiary/aromatic N) is 1. The molecule has 264 valence electrons. The Morgan fingerprint density at radius 3 is 1.41 bits per heavy atom. The smallest absolute Gasteiger partial charge is 0.136 e. The molecule has 0 aliphatic rings. The van der Waals surface area contributed by atoms with Gasteiger partial charge in [-0.15, -0.1) is 0 Å². The zero-order chi connectivity index (χ0) is 47.7. The van der Waals surface area contributed by atoms with Crippen molar-refractivity contribution in [3.8, 4) is 55.6 Å². The highest BCUT2D eigenvalue weighted by molar-refractivity contribution is 6.12. The van der Waals surface area contributed by atoms with Gasteiger partial charge in [0.05, 0.1) is 16.4 Å². The third-order valence-corrected chi connectivity index (χ3v) is 9.72. The molecule has 0 unspecified atom stereocenters. The maximum absolute atomic E-state index is 9.67. The van der Waals surface area contributed by atoms with Crippen LogP contribution < -0.4 is 4.90 Å². The van der Waals surface area contributed by atoms with E-state index in [0.29, 0.717) is 38.6 Å². The molecule has 0 amide bonds. The second-order valence-electron chi connectivity index (χ2n) is 13.1. The van der Waals surface area contributed by atoms with Crippen molar-refractivity contribution in [1.29, 1.82) is 0 Å². The van der Waals surface area contributed by atoms with Gasteiger partial charge in [0.1, 0.15) is 11.2 Å². The zero-order valence-electron chi connectivity index (χ0n) is 41.8. The van der Waals surface area contributed by atoms with E-state index in [1.54, 1.807) is 66.7 Å². The monoisotopic (exact) mass is 727 g/mol. The number of para-hydroxylation sites is 1. The Labute approximate surface area is 344 Å². The van der Waals surface area contributed by atoms with E-state index in [1.807, 2.05) is 84.9 Å². The fourth-order valence-electron chi connectivity index (χ4n) is 7.03. The molecule has 0 saturated carbocycles. The summed E-state index contributed by atoms with van der Waals surface area (Å²) in [6, 6.07) is 38.0. The Balaban J connectivity index is 1.25. The minimum absolute atomic E-state index is 0.0530. The van der Waals surface area contributed by atoms with Gasteiger partial charge < -0.3 is 9.32 Å². The summed E-state index contributed by atoms with van der Waals surface area (Å²) in [7, 11) is 0. The second kappa shape index (κ2) is 14.4. The third kappa shape index (κ3) is 6.24. The van der Waals surface area contributed by atoms with Crippen LogP contribution in [0.1, 0.15) is 16.4 Å². The van der Waals surface area contributed by atoms with Crippen LogP contribution in [0.25, 0.3) is 77.6 Å². The number of furan rings is 1. The molecular formula is C54H37NO. The first-order valence-electron chi connectivity index (χ1n) is 24.1. The van der Waals surface area contributed by atoms with Crippen molar-refractivity contribution in [3.63, 3.8) is 0 Å². The van der Waals surface area contributed by atoms with Gasteiger partial charge in [-0.05, 0) is 110 Å². The molecule has 2 nitrogen and oxygen atoms in total. The fraction of sp³-hybridized carbons (Fsp3) is 0. The summed E-state index contributed by atoms with van der Waals surface area (Å²) in [6.45, 7) is 0. The van der Waals surface area contributed by atoms with Crippen LogP contribution in [-0.2, 0) is 0 Å². The fourth-order valence-corrected chi connectivity index (χ4v) is 7.03. The average molecular weight is 728 g/mol. The van der Waals surface area contributed by atoms with Crippen LogP contribution in [0.2, 0.25) is 0 Å². The van der Waals surface area contributed by atoms with Crippen molar-refractivity contribution < 1.29 is 20.9 Å². The first kappa shape index (κ1) is 22.7. The van der Waals surface area contributed by atoms with E-state index in [1.165, 1.54) is 0 Å². The molecule has 9 aromatic carbocycles. The van der Waals surface area contributed by atoms with Crippen LogP contribution in [0.3, 0.4) is 0 Å². The Hall–Kier alpha value is -7.42. The predicted octanol–water partition coefficient (Wildman–Crippen LogP) is 15.4. The van der Waals surface area contributed by atoms with Gasteiger partial charge >= 0.3 is 0 Å².